The van der Waals surface area contributed by atoms with E-state index in [1.54, 1.807) is 12.1 Å². The second kappa shape index (κ2) is 12.3. The number of hydrogen-bond donors (Lipinski definition) is 1. The zero-order valence-corrected chi connectivity index (χ0v) is 20.7. The summed E-state index contributed by atoms with van der Waals surface area (Å²) in [4.78, 5) is 14.9. The zero-order chi connectivity index (χ0) is 26.0. The van der Waals surface area contributed by atoms with Gasteiger partial charge in [0, 0.05) is 12.2 Å². The molecule has 6 heteroatoms. The summed E-state index contributed by atoms with van der Waals surface area (Å²) in [5.41, 5.74) is 10.1. The lowest BCUT2D eigenvalue weighted by molar-refractivity contribution is -0.119. The Balaban J connectivity index is 1.71. The molecule has 0 bridgehead atoms. The number of hydrogen-bond acceptors (Lipinski definition) is 5. The van der Waals surface area contributed by atoms with Crippen molar-refractivity contribution in [3.05, 3.63) is 125 Å². The molecule has 4 aromatic carbocycles. The lowest BCUT2D eigenvalue weighted by Crippen LogP contribution is -2.37. The molecule has 0 aliphatic heterocycles. The molecule has 0 spiro atoms. The first-order valence-electron chi connectivity index (χ1n) is 12.1. The van der Waals surface area contributed by atoms with E-state index >= 15 is 0 Å². The molecule has 4 aromatic rings. The number of carbonyl (C=O) groups is 1. The Hall–Kier alpha value is -4.76. The Morgan fingerprint density at radius 3 is 2.11 bits per heavy atom. The van der Waals surface area contributed by atoms with E-state index < -0.39 is 11.9 Å². The fraction of sp³-hybridized carbons (Fsp3) is 0.161. The fourth-order valence-corrected chi connectivity index (χ4v) is 4.15. The van der Waals surface area contributed by atoms with Gasteiger partial charge in [0.05, 0.1) is 18.2 Å². The third kappa shape index (κ3) is 6.47. The quantitative estimate of drug-likeness (QED) is 0.288. The summed E-state index contributed by atoms with van der Waals surface area (Å²) in [6.07, 6.45) is 0. The van der Waals surface area contributed by atoms with Crippen LogP contribution >= 0.6 is 0 Å². The first-order valence-corrected chi connectivity index (χ1v) is 12.1. The largest absolute Gasteiger partial charge is 0.490 e. The molecule has 0 aliphatic rings. The molecule has 0 aromatic heterocycles. The molecule has 37 heavy (non-hydrogen) atoms. The third-order valence-corrected chi connectivity index (χ3v) is 5.93. The number of anilines is 1. The highest BCUT2D eigenvalue weighted by molar-refractivity contribution is 5.85. The number of nitriles is 1. The molecule has 1 atom stereocenters. The van der Waals surface area contributed by atoms with Crippen molar-refractivity contribution >= 4 is 11.6 Å². The van der Waals surface area contributed by atoms with E-state index in [9.17, 15) is 10.1 Å². The Morgan fingerprint density at radius 2 is 1.51 bits per heavy atom. The van der Waals surface area contributed by atoms with Crippen LogP contribution in [0.25, 0.3) is 0 Å². The number of nitrogens with zero attached hydrogens (tertiary/aromatic N) is 2. The van der Waals surface area contributed by atoms with Gasteiger partial charge < -0.3 is 20.1 Å². The minimum absolute atomic E-state index is 0.394. The summed E-state index contributed by atoms with van der Waals surface area (Å²) in [7, 11) is 0. The van der Waals surface area contributed by atoms with E-state index in [1.165, 1.54) is 0 Å². The van der Waals surface area contributed by atoms with Crippen LogP contribution in [0, 0.1) is 11.3 Å². The maximum atomic E-state index is 12.9. The maximum absolute atomic E-state index is 12.9. The Morgan fingerprint density at radius 1 is 0.865 bits per heavy atom. The summed E-state index contributed by atoms with van der Waals surface area (Å²) in [6.45, 7) is 3.18. The lowest BCUT2D eigenvalue weighted by atomic mass is 10.0. The van der Waals surface area contributed by atoms with Crippen LogP contribution in [-0.4, -0.2) is 12.5 Å². The molecule has 186 valence electrons. The van der Waals surface area contributed by atoms with E-state index in [4.69, 9.17) is 15.2 Å². The predicted molar refractivity (Wildman–Crippen MR) is 144 cm³/mol. The van der Waals surface area contributed by atoms with Gasteiger partial charge in [0.1, 0.15) is 12.6 Å². The van der Waals surface area contributed by atoms with E-state index in [0.29, 0.717) is 42.4 Å². The van der Waals surface area contributed by atoms with Gasteiger partial charge in [-0.25, -0.2) is 0 Å². The zero-order valence-electron chi connectivity index (χ0n) is 20.7. The van der Waals surface area contributed by atoms with Crippen LogP contribution in [0.2, 0.25) is 0 Å². The monoisotopic (exact) mass is 491 g/mol. The second-order valence-corrected chi connectivity index (χ2v) is 8.49. The van der Waals surface area contributed by atoms with Crippen LogP contribution in [0.3, 0.4) is 0 Å². The van der Waals surface area contributed by atoms with Gasteiger partial charge >= 0.3 is 0 Å². The first kappa shape index (κ1) is 25.3. The molecule has 0 heterocycles. The van der Waals surface area contributed by atoms with Gasteiger partial charge in [-0.3, -0.25) is 4.79 Å². The molecular formula is C31H29N3O3. The number of carbonyl (C=O) groups excluding carboxylic acids is 1. The van der Waals surface area contributed by atoms with Crippen molar-refractivity contribution in [3.63, 3.8) is 0 Å². The van der Waals surface area contributed by atoms with Crippen molar-refractivity contribution in [2.24, 2.45) is 5.73 Å². The van der Waals surface area contributed by atoms with Crippen molar-refractivity contribution < 1.29 is 14.3 Å². The van der Waals surface area contributed by atoms with Crippen LogP contribution < -0.4 is 20.1 Å². The van der Waals surface area contributed by atoms with Gasteiger partial charge in [-0.2, -0.15) is 5.26 Å². The van der Waals surface area contributed by atoms with Crippen molar-refractivity contribution in [3.8, 4) is 17.6 Å². The molecule has 0 saturated carbocycles. The van der Waals surface area contributed by atoms with Crippen LogP contribution in [0.4, 0.5) is 5.69 Å². The number of primary amides is 1. The summed E-state index contributed by atoms with van der Waals surface area (Å²) < 4.78 is 12.0. The van der Waals surface area contributed by atoms with E-state index in [2.05, 4.69) is 6.07 Å². The van der Waals surface area contributed by atoms with Crippen molar-refractivity contribution in [1.82, 2.24) is 0 Å². The number of nitrogens with two attached hydrogens (primary N) is 1. The average molecular weight is 492 g/mol. The van der Waals surface area contributed by atoms with Crippen LogP contribution in [-0.2, 0) is 17.9 Å². The molecular weight excluding hydrogens is 462 g/mol. The second-order valence-electron chi connectivity index (χ2n) is 8.49. The van der Waals surface area contributed by atoms with Gasteiger partial charge in [-0.1, -0.05) is 66.7 Å². The summed E-state index contributed by atoms with van der Waals surface area (Å²) >= 11 is 0. The van der Waals surface area contributed by atoms with Crippen molar-refractivity contribution in [1.29, 1.82) is 5.26 Å². The molecule has 1 amide bonds. The molecule has 0 radical (unpaired) electrons. The highest BCUT2D eigenvalue weighted by atomic mass is 16.5. The molecule has 2 N–H and O–H groups in total. The summed E-state index contributed by atoms with van der Waals surface area (Å²) in [5, 5.41) is 9.24. The SMILES string of the molecule is CCOc1cc(C(C(N)=O)N(Cc2ccccc2)c2ccc(C#N)cc2)ccc1OCc1ccccc1. The van der Waals surface area contributed by atoms with Gasteiger partial charge in [0.2, 0.25) is 5.91 Å². The van der Waals surface area contributed by atoms with Gasteiger partial charge in [0.15, 0.2) is 11.5 Å². The molecule has 0 fully saturated rings. The fourth-order valence-electron chi connectivity index (χ4n) is 4.15. The first-order chi connectivity index (χ1) is 18.1. The number of ether oxygens (including phenoxy) is 2. The van der Waals surface area contributed by atoms with Gasteiger partial charge in [-0.05, 0) is 60.0 Å². The lowest BCUT2D eigenvalue weighted by Gasteiger charge is -2.32. The molecule has 0 aliphatic carbocycles. The van der Waals surface area contributed by atoms with E-state index in [-0.39, 0.29) is 0 Å². The van der Waals surface area contributed by atoms with E-state index in [0.717, 1.165) is 16.8 Å². The molecule has 1 unspecified atom stereocenters. The van der Waals surface area contributed by atoms with Crippen LogP contribution in [0.15, 0.2) is 103 Å². The third-order valence-electron chi connectivity index (χ3n) is 5.93. The predicted octanol–water partition coefficient (Wildman–Crippen LogP) is 5.77. The highest BCUT2D eigenvalue weighted by Gasteiger charge is 2.28. The summed E-state index contributed by atoms with van der Waals surface area (Å²) in [5.74, 6) is 0.632. The van der Waals surface area contributed by atoms with Crippen molar-refractivity contribution in [2.75, 3.05) is 11.5 Å². The molecule has 0 saturated heterocycles. The van der Waals surface area contributed by atoms with E-state index in [1.807, 2.05) is 103 Å². The Kier molecular flexibility index (Phi) is 8.41. The molecule has 4 rings (SSSR count). The topological polar surface area (TPSA) is 88.6 Å². The number of rotatable bonds is 11. The Labute approximate surface area is 217 Å². The van der Waals surface area contributed by atoms with Crippen LogP contribution in [0.1, 0.15) is 35.2 Å². The maximum Gasteiger partial charge on any atom is 0.244 e. The normalized spacial score (nSPS) is 11.2. The number of benzene rings is 4. The Bertz CT molecular complexity index is 1350. The van der Waals surface area contributed by atoms with Gasteiger partial charge in [-0.15, -0.1) is 0 Å². The standard InChI is InChI=1S/C31H29N3O3/c1-2-36-29-19-26(15-18-28(29)37-22-25-11-7-4-8-12-25)30(31(33)35)34(21-24-9-5-3-6-10-24)27-16-13-23(20-32)14-17-27/h3-19,30H,2,21-22H2,1H3,(H2,33,35). The number of amides is 1. The van der Waals surface area contributed by atoms with Crippen molar-refractivity contribution in [2.45, 2.75) is 26.1 Å². The highest BCUT2D eigenvalue weighted by Crippen LogP contribution is 2.35. The van der Waals surface area contributed by atoms with Gasteiger partial charge in [0.25, 0.3) is 0 Å². The smallest absolute Gasteiger partial charge is 0.244 e. The minimum atomic E-state index is -0.782. The summed E-state index contributed by atoms with van der Waals surface area (Å²) in [6, 6.07) is 33.7. The molecule has 6 nitrogen and oxygen atoms in total. The minimum Gasteiger partial charge on any atom is -0.490 e. The average Bonchev–Trinajstić information content (AvgIpc) is 2.93. The van der Waals surface area contributed by atoms with Crippen LogP contribution in [0.5, 0.6) is 11.5 Å².